The SMILES string of the molecule is CCC(CC)NS(=O)(=O)c1ccc(C#CCCO)cc1Cl. The molecule has 0 atom stereocenters. The van der Waals surface area contributed by atoms with E-state index in [9.17, 15) is 8.42 Å². The Morgan fingerprint density at radius 2 is 2.00 bits per heavy atom. The topological polar surface area (TPSA) is 66.4 Å². The first-order valence-electron chi connectivity index (χ1n) is 6.86. The third kappa shape index (κ3) is 5.33. The summed E-state index contributed by atoms with van der Waals surface area (Å²) in [6, 6.07) is 4.48. The number of hydrogen-bond acceptors (Lipinski definition) is 3. The van der Waals surface area contributed by atoms with Gasteiger partial charge in [0, 0.05) is 18.0 Å². The van der Waals surface area contributed by atoms with Crippen LogP contribution in [0.2, 0.25) is 5.02 Å². The minimum absolute atomic E-state index is 0.00740. The molecule has 0 fully saturated rings. The molecule has 0 heterocycles. The van der Waals surface area contributed by atoms with E-state index in [1.54, 1.807) is 6.07 Å². The Bertz CT molecular complexity index is 628. The van der Waals surface area contributed by atoms with Gasteiger partial charge in [0.25, 0.3) is 0 Å². The zero-order valence-corrected chi connectivity index (χ0v) is 13.8. The maximum atomic E-state index is 12.3. The summed E-state index contributed by atoms with van der Waals surface area (Å²) in [6.45, 7) is 3.85. The monoisotopic (exact) mass is 329 g/mol. The molecule has 1 aromatic rings. The number of aliphatic hydroxyl groups is 1. The van der Waals surface area contributed by atoms with Gasteiger partial charge in [-0.2, -0.15) is 0 Å². The molecule has 6 heteroatoms. The summed E-state index contributed by atoms with van der Waals surface area (Å²) in [4.78, 5) is 0.0591. The second-order valence-corrected chi connectivity index (χ2v) is 6.64. The van der Waals surface area contributed by atoms with E-state index in [2.05, 4.69) is 16.6 Å². The molecule has 116 valence electrons. The van der Waals surface area contributed by atoms with Crippen molar-refractivity contribution in [1.29, 1.82) is 0 Å². The van der Waals surface area contributed by atoms with Crippen molar-refractivity contribution in [3.63, 3.8) is 0 Å². The van der Waals surface area contributed by atoms with Gasteiger partial charge in [-0.05, 0) is 31.0 Å². The molecule has 2 N–H and O–H groups in total. The Labute approximate surface area is 131 Å². The Morgan fingerprint density at radius 3 is 2.52 bits per heavy atom. The molecule has 0 radical (unpaired) electrons. The second kappa shape index (κ2) is 8.40. The standard InChI is InChI=1S/C15H20ClNO3S/c1-3-13(4-2)17-21(19,20)15-9-8-12(11-14(15)16)7-5-6-10-18/h8-9,11,13,17-18H,3-4,6,10H2,1-2H3. The second-order valence-electron chi connectivity index (χ2n) is 4.56. The van der Waals surface area contributed by atoms with Gasteiger partial charge in [-0.15, -0.1) is 0 Å². The zero-order valence-electron chi connectivity index (χ0n) is 12.2. The molecule has 4 nitrogen and oxygen atoms in total. The van der Waals surface area contributed by atoms with E-state index in [0.29, 0.717) is 12.0 Å². The van der Waals surface area contributed by atoms with E-state index < -0.39 is 10.0 Å². The molecular formula is C15H20ClNO3S. The van der Waals surface area contributed by atoms with E-state index in [-0.39, 0.29) is 22.6 Å². The average Bonchev–Trinajstić information content (AvgIpc) is 2.45. The predicted molar refractivity (Wildman–Crippen MR) is 84.7 cm³/mol. The minimum Gasteiger partial charge on any atom is -0.395 e. The van der Waals surface area contributed by atoms with E-state index in [0.717, 1.165) is 12.8 Å². The van der Waals surface area contributed by atoms with E-state index in [1.807, 2.05) is 13.8 Å². The predicted octanol–water partition coefficient (Wildman–Crippen LogP) is 2.54. The molecule has 0 aliphatic carbocycles. The summed E-state index contributed by atoms with van der Waals surface area (Å²) in [6.07, 6.45) is 1.81. The lowest BCUT2D eigenvalue weighted by Crippen LogP contribution is -2.34. The average molecular weight is 330 g/mol. The summed E-state index contributed by atoms with van der Waals surface area (Å²) >= 11 is 6.06. The van der Waals surface area contributed by atoms with Crippen molar-refractivity contribution in [2.75, 3.05) is 6.61 Å². The highest BCUT2D eigenvalue weighted by molar-refractivity contribution is 7.89. The van der Waals surface area contributed by atoms with Gasteiger partial charge in [0.05, 0.1) is 11.6 Å². The molecule has 0 aliphatic rings. The molecular weight excluding hydrogens is 310 g/mol. The molecule has 1 aromatic carbocycles. The molecule has 1 rings (SSSR count). The van der Waals surface area contributed by atoms with Crippen LogP contribution >= 0.6 is 11.6 Å². The van der Waals surface area contributed by atoms with E-state index in [1.165, 1.54) is 12.1 Å². The van der Waals surface area contributed by atoms with Crippen LogP contribution in [-0.2, 0) is 10.0 Å². The van der Waals surface area contributed by atoms with Gasteiger partial charge in [0.2, 0.25) is 10.0 Å². The van der Waals surface area contributed by atoms with Crippen LogP contribution in [0.4, 0.5) is 0 Å². The van der Waals surface area contributed by atoms with Gasteiger partial charge in [-0.25, -0.2) is 13.1 Å². The lowest BCUT2D eigenvalue weighted by atomic mass is 10.2. The van der Waals surface area contributed by atoms with Crippen LogP contribution in [0.25, 0.3) is 0 Å². The number of halogens is 1. The zero-order chi connectivity index (χ0) is 15.9. The molecule has 0 amide bonds. The minimum atomic E-state index is -3.63. The number of rotatable bonds is 6. The smallest absolute Gasteiger partial charge is 0.242 e. The first-order valence-corrected chi connectivity index (χ1v) is 8.72. The quantitative estimate of drug-likeness (QED) is 0.788. The molecule has 0 unspecified atom stereocenters. The lowest BCUT2D eigenvalue weighted by Gasteiger charge is -2.15. The molecule has 21 heavy (non-hydrogen) atoms. The number of nitrogens with one attached hydrogen (secondary N) is 1. The van der Waals surface area contributed by atoms with Crippen LogP contribution in [0.3, 0.4) is 0 Å². The number of sulfonamides is 1. The van der Waals surface area contributed by atoms with Crippen LogP contribution in [-0.4, -0.2) is 26.2 Å². The third-order valence-electron chi connectivity index (χ3n) is 3.00. The molecule has 0 bridgehead atoms. The summed E-state index contributed by atoms with van der Waals surface area (Å²) in [7, 11) is -3.63. The molecule has 0 aromatic heterocycles. The van der Waals surface area contributed by atoms with Crippen molar-refractivity contribution in [3.05, 3.63) is 28.8 Å². The van der Waals surface area contributed by atoms with Crippen molar-refractivity contribution in [1.82, 2.24) is 4.72 Å². The summed E-state index contributed by atoms with van der Waals surface area (Å²) in [5.41, 5.74) is 0.620. The van der Waals surface area contributed by atoms with Gasteiger partial charge in [-0.1, -0.05) is 37.3 Å². The van der Waals surface area contributed by atoms with Gasteiger partial charge >= 0.3 is 0 Å². The van der Waals surface area contributed by atoms with Crippen LogP contribution in [0.5, 0.6) is 0 Å². The number of aliphatic hydroxyl groups excluding tert-OH is 1. The van der Waals surface area contributed by atoms with Gasteiger partial charge in [0.1, 0.15) is 4.90 Å². The number of hydrogen-bond donors (Lipinski definition) is 2. The van der Waals surface area contributed by atoms with Crippen LogP contribution in [0.15, 0.2) is 23.1 Å². The van der Waals surface area contributed by atoms with Gasteiger partial charge < -0.3 is 5.11 Å². The van der Waals surface area contributed by atoms with Gasteiger partial charge in [0.15, 0.2) is 0 Å². The van der Waals surface area contributed by atoms with Crippen molar-refractivity contribution >= 4 is 21.6 Å². The molecule has 0 spiro atoms. The summed E-state index contributed by atoms with van der Waals surface area (Å²) < 4.78 is 27.2. The summed E-state index contributed by atoms with van der Waals surface area (Å²) in [5, 5.41) is 8.81. The first-order chi connectivity index (χ1) is 9.94. The Balaban J connectivity index is 3.02. The fraction of sp³-hybridized carbons (Fsp3) is 0.467. The molecule has 0 saturated heterocycles. The maximum Gasteiger partial charge on any atom is 0.242 e. The highest BCUT2D eigenvalue weighted by atomic mass is 35.5. The third-order valence-corrected chi connectivity index (χ3v) is 5.00. The fourth-order valence-electron chi connectivity index (χ4n) is 1.76. The normalized spacial score (nSPS) is 11.3. The summed E-state index contributed by atoms with van der Waals surface area (Å²) in [5.74, 6) is 5.58. The Morgan fingerprint density at radius 1 is 1.33 bits per heavy atom. The van der Waals surface area contributed by atoms with Crippen molar-refractivity contribution in [3.8, 4) is 11.8 Å². The van der Waals surface area contributed by atoms with E-state index >= 15 is 0 Å². The lowest BCUT2D eigenvalue weighted by molar-refractivity contribution is 0.305. The maximum absolute atomic E-state index is 12.3. The van der Waals surface area contributed by atoms with Crippen LogP contribution < -0.4 is 4.72 Å². The molecule has 0 aliphatic heterocycles. The van der Waals surface area contributed by atoms with Crippen molar-refractivity contribution < 1.29 is 13.5 Å². The van der Waals surface area contributed by atoms with Crippen LogP contribution in [0.1, 0.15) is 38.7 Å². The van der Waals surface area contributed by atoms with E-state index in [4.69, 9.17) is 16.7 Å². The fourth-order valence-corrected chi connectivity index (χ4v) is 3.70. The highest BCUT2D eigenvalue weighted by Gasteiger charge is 2.20. The highest BCUT2D eigenvalue weighted by Crippen LogP contribution is 2.23. The van der Waals surface area contributed by atoms with Gasteiger partial charge in [-0.3, -0.25) is 0 Å². The van der Waals surface area contributed by atoms with Crippen LogP contribution in [0, 0.1) is 11.8 Å². The first kappa shape index (κ1) is 18.0. The number of benzene rings is 1. The largest absolute Gasteiger partial charge is 0.395 e. The Kier molecular flexibility index (Phi) is 7.20. The molecule has 0 saturated carbocycles. The Hall–Kier alpha value is -1.06. The van der Waals surface area contributed by atoms with Crippen molar-refractivity contribution in [2.45, 2.75) is 44.0 Å². The van der Waals surface area contributed by atoms with Crippen molar-refractivity contribution in [2.24, 2.45) is 0 Å².